The van der Waals surface area contributed by atoms with E-state index >= 15 is 0 Å². The van der Waals surface area contributed by atoms with Gasteiger partial charge in [0.1, 0.15) is 12.4 Å². The van der Waals surface area contributed by atoms with Gasteiger partial charge < -0.3 is 9.30 Å². The maximum atomic E-state index is 11.7. The van der Waals surface area contributed by atoms with Gasteiger partial charge in [0.15, 0.2) is 6.29 Å². The van der Waals surface area contributed by atoms with Crippen LogP contribution in [-0.2, 0) is 13.2 Å². The fourth-order valence-corrected chi connectivity index (χ4v) is 3.81. The molecule has 0 aliphatic rings. The van der Waals surface area contributed by atoms with E-state index in [-0.39, 0.29) is 0 Å². The van der Waals surface area contributed by atoms with Crippen LogP contribution in [0.4, 0.5) is 0 Å². The number of nitrogens with zero attached hydrogens (tertiary/aromatic N) is 1. The Bertz CT molecular complexity index is 1070. The van der Waals surface area contributed by atoms with Gasteiger partial charge in [-0.3, -0.25) is 4.79 Å². The van der Waals surface area contributed by atoms with E-state index in [1.807, 2.05) is 66.9 Å². The zero-order valence-electron chi connectivity index (χ0n) is 14.6. The van der Waals surface area contributed by atoms with Gasteiger partial charge in [-0.2, -0.15) is 0 Å². The highest BCUT2D eigenvalue weighted by atomic mass is 79.9. The molecule has 0 aliphatic carbocycles. The van der Waals surface area contributed by atoms with Gasteiger partial charge in [0.25, 0.3) is 0 Å². The van der Waals surface area contributed by atoms with E-state index in [1.165, 1.54) is 5.56 Å². The summed E-state index contributed by atoms with van der Waals surface area (Å²) in [5.41, 5.74) is 3.86. The van der Waals surface area contributed by atoms with Gasteiger partial charge in [0, 0.05) is 22.8 Å². The number of hydrogen-bond donors (Lipinski definition) is 0. The molecule has 0 fully saturated rings. The zero-order valence-corrected chi connectivity index (χ0v) is 16.2. The normalized spacial score (nSPS) is 10.9. The summed E-state index contributed by atoms with van der Waals surface area (Å²) in [4.78, 5) is 11.7. The molecule has 27 heavy (non-hydrogen) atoms. The van der Waals surface area contributed by atoms with Crippen molar-refractivity contribution in [1.29, 1.82) is 0 Å². The van der Waals surface area contributed by atoms with Crippen molar-refractivity contribution in [2.24, 2.45) is 0 Å². The molecule has 0 saturated carbocycles. The third-order valence-corrected chi connectivity index (χ3v) is 5.16. The van der Waals surface area contributed by atoms with Crippen LogP contribution in [0.15, 0.2) is 83.5 Å². The Morgan fingerprint density at radius 3 is 2.22 bits per heavy atom. The first-order valence-electron chi connectivity index (χ1n) is 8.73. The molecular formula is C23H18BrNO2. The van der Waals surface area contributed by atoms with Crippen molar-refractivity contribution in [3.63, 3.8) is 0 Å². The Morgan fingerprint density at radius 1 is 0.889 bits per heavy atom. The van der Waals surface area contributed by atoms with Gasteiger partial charge in [-0.25, -0.2) is 0 Å². The van der Waals surface area contributed by atoms with E-state index in [9.17, 15) is 4.79 Å². The van der Waals surface area contributed by atoms with Crippen LogP contribution in [0.5, 0.6) is 5.75 Å². The van der Waals surface area contributed by atoms with E-state index in [0.717, 1.165) is 27.2 Å². The Balaban J connectivity index is 1.75. The maximum Gasteiger partial charge on any atom is 0.152 e. The molecule has 4 rings (SSSR count). The second-order valence-corrected chi connectivity index (χ2v) is 7.21. The number of carbonyl (C=O) groups excluding carboxylic acids is 1. The van der Waals surface area contributed by atoms with Crippen LogP contribution in [-0.4, -0.2) is 10.9 Å². The average Bonchev–Trinajstić information content (AvgIpc) is 3.08. The van der Waals surface area contributed by atoms with E-state index in [1.54, 1.807) is 0 Å². The molecule has 4 aromatic rings. The van der Waals surface area contributed by atoms with Crippen molar-refractivity contribution in [1.82, 2.24) is 4.57 Å². The summed E-state index contributed by atoms with van der Waals surface area (Å²) >= 11 is 3.64. The molecule has 0 spiro atoms. The lowest BCUT2D eigenvalue weighted by molar-refractivity contribution is 0.112. The number of carbonyl (C=O) groups is 1. The first-order chi connectivity index (χ1) is 13.3. The highest BCUT2D eigenvalue weighted by Crippen LogP contribution is 2.36. The van der Waals surface area contributed by atoms with Gasteiger partial charge in [0.2, 0.25) is 0 Å². The molecule has 0 saturated heterocycles. The van der Waals surface area contributed by atoms with E-state index in [0.29, 0.717) is 24.5 Å². The highest BCUT2D eigenvalue weighted by molar-refractivity contribution is 9.10. The van der Waals surface area contributed by atoms with Crippen molar-refractivity contribution in [2.75, 3.05) is 0 Å². The molecule has 4 heteroatoms. The summed E-state index contributed by atoms with van der Waals surface area (Å²) in [6, 6.07) is 24.1. The summed E-state index contributed by atoms with van der Waals surface area (Å²) in [6.45, 7) is 1.14. The minimum absolute atomic E-state index is 0.458. The minimum atomic E-state index is 0.458. The maximum absolute atomic E-state index is 11.7. The molecule has 0 bridgehead atoms. The van der Waals surface area contributed by atoms with Crippen LogP contribution in [0.3, 0.4) is 0 Å². The minimum Gasteiger partial charge on any atom is -0.488 e. The zero-order chi connectivity index (χ0) is 18.6. The summed E-state index contributed by atoms with van der Waals surface area (Å²) in [5.74, 6) is 0.714. The molecule has 3 aromatic carbocycles. The van der Waals surface area contributed by atoms with Crippen molar-refractivity contribution < 1.29 is 9.53 Å². The molecular weight excluding hydrogens is 402 g/mol. The standard InChI is InChI=1S/C23H18BrNO2/c24-20-11-12-21(27-16-18-9-5-2-6-10-18)22-19(15-26)14-25(23(20)22)13-17-7-3-1-4-8-17/h1-12,14-15H,13,16H2. The van der Waals surface area contributed by atoms with Crippen LogP contribution in [0.1, 0.15) is 21.5 Å². The highest BCUT2D eigenvalue weighted by Gasteiger charge is 2.16. The Kier molecular flexibility index (Phi) is 5.07. The van der Waals surface area contributed by atoms with Crippen molar-refractivity contribution in [2.45, 2.75) is 13.2 Å². The molecule has 0 aliphatic heterocycles. The molecule has 0 radical (unpaired) electrons. The average molecular weight is 420 g/mol. The number of benzene rings is 3. The van der Waals surface area contributed by atoms with Gasteiger partial charge in [-0.1, -0.05) is 60.7 Å². The van der Waals surface area contributed by atoms with Crippen molar-refractivity contribution >= 4 is 33.1 Å². The topological polar surface area (TPSA) is 31.2 Å². The number of fused-ring (bicyclic) bond motifs is 1. The van der Waals surface area contributed by atoms with E-state index in [4.69, 9.17) is 4.74 Å². The molecule has 0 amide bonds. The number of hydrogen-bond acceptors (Lipinski definition) is 2. The van der Waals surface area contributed by atoms with Gasteiger partial charge in [0.05, 0.1) is 10.9 Å². The lowest BCUT2D eigenvalue weighted by Crippen LogP contribution is -1.99. The summed E-state index contributed by atoms with van der Waals surface area (Å²) in [6.07, 6.45) is 2.79. The quantitative estimate of drug-likeness (QED) is 0.367. The monoisotopic (exact) mass is 419 g/mol. The van der Waals surface area contributed by atoms with Crippen LogP contribution in [0, 0.1) is 0 Å². The Morgan fingerprint density at radius 2 is 1.56 bits per heavy atom. The number of rotatable bonds is 6. The van der Waals surface area contributed by atoms with Crippen LogP contribution < -0.4 is 4.74 Å². The Hall–Kier alpha value is -2.85. The van der Waals surface area contributed by atoms with Gasteiger partial charge >= 0.3 is 0 Å². The first-order valence-corrected chi connectivity index (χ1v) is 9.53. The van der Waals surface area contributed by atoms with Crippen LogP contribution in [0.2, 0.25) is 0 Å². The number of aldehydes is 1. The van der Waals surface area contributed by atoms with Crippen LogP contribution in [0.25, 0.3) is 10.9 Å². The molecule has 0 N–H and O–H groups in total. The number of aromatic nitrogens is 1. The SMILES string of the molecule is O=Cc1cn(Cc2ccccc2)c2c(Br)ccc(OCc3ccccc3)c12. The molecule has 0 atom stereocenters. The fraction of sp³-hybridized carbons (Fsp3) is 0.0870. The second-order valence-electron chi connectivity index (χ2n) is 6.36. The third-order valence-electron chi connectivity index (χ3n) is 4.52. The summed E-state index contributed by atoms with van der Waals surface area (Å²) < 4.78 is 9.10. The third kappa shape index (κ3) is 3.67. The Labute approximate surface area is 166 Å². The van der Waals surface area contributed by atoms with E-state index < -0.39 is 0 Å². The lowest BCUT2D eigenvalue weighted by Gasteiger charge is -2.11. The smallest absolute Gasteiger partial charge is 0.152 e. The summed E-state index contributed by atoms with van der Waals surface area (Å²) in [5, 5.41) is 0.839. The number of halogens is 1. The molecule has 1 heterocycles. The van der Waals surface area contributed by atoms with Gasteiger partial charge in [-0.05, 0) is 39.2 Å². The van der Waals surface area contributed by atoms with Crippen molar-refractivity contribution in [3.05, 3.63) is 100 Å². The second kappa shape index (κ2) is 7.80. The summed E-state index contributed by atoms with van der Waals surface area (Å²) in [7, 11) is 0. The molecule has 0 unspecified atom stereocenters. The van der Waals surface area contributed by atoms with Crippen molar-refractivity contribution in [3.8, 4) is 5.75 Å². The molecule has 3 nitrogen and oxygen atoms in total. The number of ether oxygens (including phenoxy) is 1. The van der Waals surface area contributed by atoms with Gasteiger partial charge in [-0.15, -0.1) is 0 Å². The predicted octanol–water partition coefficient (Wildman–Crippen LogP) is 5.84. The first kappa shape index (κ1) is 17.6. The molecule has 1 aromatic heterocycles. The predicted molar refractivity (Wildman–Crippen MR) is 111 cm³/mol. The van der Waals surface area contributed by atoms with E-state index in [2.05, 4.69) is 32.6 Å². The van der Waals surface area contributed by atoms with Crippen LogP contribution >= 0.6 is 15.9 Å². The fourth-order valence-electron chi connectivity index (χ4n) is 3.25. The molecule has 134 valence electrons. The lowest BCUT2D eigenvalue weighted by atomic mass is 10.1. The largest absolute Gasteiger partial charge is 0.488 e.